The normalized spacial score (nSPS) is 13.7. The topological polar surface area (TPSA) is 60.2 Å². The predicted molar refractivity (Wildman–Crippen MR) is 75.0 cm³/mol. The van der Waals surface area contributed by atoms with E-state index in [0.29, 0.717) is 24.4 Å². The monoisotopic (exact) mass is 269 g/mol. The summed E-state index contributed by atoms with van der Waals surface area (Å²) < 4.78 is 11.2. The fraction of sp³-hybridized carbons (Fsp3) is 0.857. The summed E-state index contributed by atoms with van der Waals surface area (Å²) >= 11 is 0. The number of likely N-dealkylation sites (N-methyl/N-ethyl adjacent to an activating group) is 1. The molecule has 0 aliphatic heterocycles. The molecule has 0 saturated carbocycles. The number of nitrogens with one attached hydrogen (secondary N) is 1. The maximum Gasteiger partial charge on any atom is 0.228 e. The van der Waals surface area contributed by atoms with Crippen LogP contribution in [0.2, 0.25) is 0 Å². The van der Waals surface area contributed by atoms with Gasteiger partial charge in [0.25, 0.3) is 0 Å². The van der Waals surface area contributed by atoms with Crippen molar-refractivity contribution in [1.29, 1.82) is 0 Å². The number of hydrogen-bond donors (Lipinski definition) is 1. The lowest BCUT2D eigenvalue weighted by atomic mass is 9.96. The molecule has 0 radical (unpaired) electrons. The number of nitrogens with zero attached hydrogens (tertiary/aromatic N) is 2. The lowest BCUT2D eigenvalue weighted by molar-refractivity contribution is -0.0583. The lowest BCUT2D eigenvalue weighted by Gasteiger charge is -2.27. The van der Waals surface area contributed by atoms with Gasteiger partial charge in [-0.1, -0.05) is 25.9 Å². The molecule has 0 spiro atoms. The van der Waals surface area contributed by atoms with Gasteiger partial charge < -0.3 is 14.6 Å². The molecule has 1 rings (SSSR count). The highest BCUT2D eigenvalue weighted by Gasteiger charge is 2.34. The molecule has 0 aromatic carbocycles. The molecule has 0 bridgehead atoms. The van der Waals surface area contributed by atoms with E-state index in [2.05, 4.69) is 43.2 Å². The first-order valence-electron chi connectivity index (χ1n) is 7.32. The third-order valence-corrected chi connectivity index (χ3v) is 3.47. The molecule has 19 heavy (non-hydrogen) atoms. The SMILES string of the molecule is CCNC(C)Cc1nc(C(CC)(CC)OCC)no1. The van der Waals surface area contributed by atoms with Crippen LogP contribution < -0.4 is 5.32 Å². The largest absolute Gasteiger partial charge is 0.367 e. The van der Waals surface area contributed by atoms with Crippen LogP contribution in [0, 0.1) is 0 Å². The van der Waals surface area contributed by atoms with Crippen molar-refractivity contribution >= 4 is 0 Å². The van der Waals surface area contributed by atoms with Crippen molar-refractivity contribution in [3.63, 3.8) is 0 Å². The molecule has 5 nitrogen and oxygen atoms in total. The van der Waals surface area contributed by atoms with Crippen molar-refractivity contribution in [2.24, 2.45) is 0 Å². The second-order valence-electron chi connectivity index (χ2n) is 4.81. The zero-order chi connectivity index (χ0) is 14.3. The molecule has 1 heterocycles. The molecule has 1 atom stereocenters. The van der Waals surface area contributed by atoms with Gasteiger partial charge in [0.15, 0.2) is 0 Å². The Morgan fingerprint density at radius 3 is 2.47 bits per heavy atom. The molecule has 0 amide bonds. The van der Waals surface area contributed by atoms with Crippen LogP contribution in [0.3, 0.4) is 0 Å². The van der Waals surface area contributed by atoms with Crippen LogP contribution in [-0.4, -0.2) is 29.3 Å². The van der Waals surface area contributed by atoms with Crippen LogP contribution in [-0.2, 0) is 16.8 Å². The van der Waals surface area contributed by atoms with E-state index >= 15 is 0 Å². The highest BCUT2D eigenvalue weighted by atomic mass is 16.5. The molecule has 0 saturated heterocycles. The van der Waals surface area contributed by atoms with Gasteiger partial charge in [0, 0.05) is 19.1 Å². The fourth-order valence-electron chi connectivity index (χ4n) is 2.32. The summed E-state index contributed by atoms with van der Waals surface area (Å²) in [6, 6.07) is 0.336. The zero-order valence-corrected chi connectivity index (χ0v) is 12.8. The molecule has 1 unspecified atom stereocenters. The van der Waals surface area contributed by atoms with E-state index < -0.39 is 5.60 Å². The van der Waals surface area contributed by atoms with Crippen molar-refractivity contribution in [3.05, 3.63) is 11.7 Å². The molecule has 0 fully saturated rings. The minimum atomic E-state index is -0.405. The van der Waals surface area contributed by atoms with Gasteiger partial charge in [-0.15, -0.1) is 0 Å². The summed E-state index contributed by atoms with van der Waals surface area (Å²) in [6.45, 7) is 12.0. The van der Waals surface area contributed by atoms with Gasteiger partial charge in [-0.25, -0.2) is 0 Å². The Morgan fingerprint density at radius 1 is 1.26 bits per heavy atom. The highest BCUT2D eigenvalue weighted by molar-refractivity contribution is 5.01. The summed E-state index contributed by atoms with van der Waals surface area (Å²) in [5, 5.41) is 7.46. The Balaban J connectivity index is 2.81. The van der Waals surface area contributed by atoms with Gasteiger partial charge >= 0.3 is 0 Å². The van der Waals surface area contributed by atoms with Crippen molar-refractivity contribution in [1.82, 2.24) is 15.5 Å². The first kappa shape index (κ1) is 16.1. The minimum absolute atomic E-state index is 0.336. The molecule has 1 aromatic rings. The zero-order valence-electron chi connectivity index (χ0n) is 12.8. The van der Waals surface area contributed by atoms with Gasteiger partial charge in [-0.05, 0) is 33.2 Å². The Labute approximate surface area is 116 Å². The summed E-state index contributed by atoms with van der Waals surface area (Å²) in [6.07, 6.45) is 2.44. The van der Waals surface area contributed by atoms with Crippen LogP contribution in [0.25, 0.3) is 0 Å². The number of ether oxygens (including phenoxy) is 1. The Kier molecular flexibility index (Phi) is 6.45. The van der Waals surface area contributed by atoms with Crippen LogP contribution >= 0.6 is 0 Å². The van der Waals surface area contributed by atoms with Gasteiger partial charge in [-0.2, -0.15) is 4.98 Å². The number of aromatic nitrogens is 2. The van der Waals surface area contributed by atoms with Crippen molar-refractivity contribution in [3.8, 4) is 0 Å². The maximum absolute atomic E-state index is 5.88. The second-order valence-corrected chi connectivity index (χ2v) is 4.81. The third-order valence-electron chi connectivity index (χ3n) is 3.47. The van der Waals surface area contributed by atoms with E-state index in [1.54, 1.807) is 0 Å². The van der Waals surface area contributed by atoms with Crippen LogP contribution in [0.1, 0.15) is 59.2 Å². The summed E-state index contributed by atoms with van der Waals surface area (Å²) in [5.41, 5.74) is -0.405. The van der Waals surface area contributed by atoms with Gasteiger partial charge in [0.1, 0.15) is 5.60 Å². The van der Waals surface area contributed by atoms with E-state index in [-0.39, 0.29) is 0 Å². The first-order valence-corrected chi connectivity index (χ1v) is 7.32. The molecule has 5 heteroatoms. The van der Waals surface area contributed by atoms with Gasteiger partial charge in [-0.3, -0.25) is 0 Å². The van der Waals surface area contributed by atoms with Crippen LogP contribution in [0.15, 0.2) is 4.52 Å². The molecule has 1 N–H and O–H groups in total. The summed E-state index contributed by atoms with van der Waals surface area (Å²) in [5.74, 6) is 1.35. The molecular formula is C14H27N3O2. The van der Waals surface area contributed by atoms with E-state index in [1.807, 2.05) is 6.92 Å². The maximum atomic E-state index is 5.88. The Hall–Kier alpha value is -0.940. The highest BCUT2D eigenvalue weighted by Crippen LogP contribution is 2.30. The number of hydrogen-bond acceptors (Lipinski definition) is 5. The van der Waals surface area contributed by atoms with Gasteiger partial charge in [0.2, 0.25) is 11.7 Å². The van der Waals surface area contributed by atoms with Crippen LogP contribution in [0.5, 0.6) is 0 Å². The average Bonchev–Trinajstić information content (AvgIpc) is 2.85. The van der Waals surface area contributed by atoms with E-state index in [9.17, 15) is 0 Å². The third kappa shape index (κ3) is 4.01. The Morgan fingerprint density at radius 2 is 1.95 bits per heavy atom. The number of rotatable bonds is 9. The Bertz CT molecular complexity index is 361. The first-order chi connectivity index (χ1) is 9.11. The molecule has 110 valence electrons. The average molecular weight is 269 g/mol. The fourth-order valence-corrected chi connectivity index (χ4v) is 2.32. The van der Waals surface area contributed by atoms with E-state index in [4.69, 9.17) is 9.26 Å². The predicted octanol–water partition coefficient (Wildman–Crippen LogP) is 2.66. The molecule has 0 aliphatic carbocycles. The quantitative estimate of drug-likeness (QED) is 0.747. The van der Waals surface area contributed by atoms with Crippen molar-refractivity contribution in [2.45, 2.75) is 65.5 Å². The van der Waals surface area contributed by atoms with Crippen molar-refractivity contribution < 1.29 is 9.26 Å². The van der Waals surface area contributed by atoms with Crippen LogP contribution in [0.4, 0.5) is 0 Å². The standard InChI is InChI=1S/C14H27N3O2/c1-6-14(7-2,18-9-4)13-16-12(19-17-13)10-11(5)15-8-3/h11,15H,6-10H2,1-5H3. The smallest absolute Gasteiger partial charge is 0.228 e. The van der Waals surface area contributed by atoms with Gasteiger partial charge in [0.05, 0.1) is 0 Å². The summed E-state index contributed by atoms with van der Waals surface area (Å²) in [7, 11) is 0. The molecule has 1 aromatic heterocycles. The van der Waals surface area contributed by atoms with E-state index in [1.165, 1.54) is 0 Å². The summed E-state index contributed by atoms with van der Waals surface area (Å²) in [4.78, 5) is 4.52. The second kappa shape index (κ2) is 7.60. The lowest BCUT2D eigenvalue weighted by Crippen LogP contribution is -2.30. The molecule has 0 aliphatic rings. The molecular weight excluding hydrogens is 242 g/mol. The van der Waals surface area contributed by atoms with Crippen molar-refractivity contribution in [2.75, 3.05) is 13.2 Å². The van der Waals surface area contributed by atoms with E-state index in [0.717, 1.165) is 25.8 Å². The minimum Gasteiger partial charge on any atom is -0.367 e.